The predicted molar refractivity (Wildman–Crippen MR) is 65.4 cm³/mol. The maximum atomic E-state index is 11.1. The van der Waals surface area contributed by atoms with Crippen molar-refractivity contribution in [1.29, 1.82) is 0 Å². The van der Waals surface area contributed by atoms with Crippen LogP contribution in [0, 0.1) is 0 Å². The first kappa shape index (κ1) is 11.3. The molecular weight excluding hydrogens is 214 g/mol. The van der Waals surface area contributed by atoms with Gasteiger partial charge in [-0.3, -0.25) is 9.78 Å². The zero-order chi connectivity index (χ0) is 12.1. The van der Waals surface area contributed by atoms with E-state index in [1.165, 1.54) is 7.11 Å². The van der Waals surface area contributed by atoms with E-state index in [1.54, 1.807) is 6.20 Å². The Balaban J connectivity index is 2.16. The highest BCUT2D eigenvalue weighted by Crippen LogP contribution is 2.17. The van der Waals surface area contributed by atoms with Crippen molar-refractivity contribution in [2.75, 3.05) is 7.11 Å². The third-order valence-electron chi connectivity index (χ3n) is 2.48. The average Bonchev–Trinajstić information content (AvgIpc) is 2.40. The fourth-order valence-corrected chi connectivity index (χ4v) is 1.55. The molecule has 3 heteroatoms. The van der Waals surface area contributed by atoms with E-state index in [0.29, 0.717) is 0 Å². The van der Waals surface area contributed by atoms with E-state index in [1.807, 2.05) is 42.5 Å². The number of carbonyl (C=O) groups is 1. The van der Waals surface area contributed by atoms with Gasteiger partial charge in [0.15, 0.2) is 0 Å². The number of benzene rings is 1. The minimum atomic E-state index is -0.273. The van der Waals surface area contributed by atoms with E-state index in [-0.39, 0.29) is 12.4 Å². The zero-order valence-corrected chi connectivity index (χ0v) is 9.59. The molecule has 3 nitrogen and oxygen atoms in total. The number of hydrogen-bond acceptors (Lipinski definition) is 3. The lowest BCUT2D eigenvalue weighted by molar-refractivity contribution is -0.139. The molecule has 0 saturated heterocycles. The van der Waals surface area contributed by atoms with Gasteiger partial charge in [0.2, 0.25) is 0 Å². The van der Waals surface area contributed by atoms with Crippen molar-refractivity contribution in [1.82, 2.24) is 4.98 Å². The Labute approximate surface area is 100 Å². The summed E-state index contributed by atoms with van der Waals surface area (Å²) in [6.07, 6.45) is 1.99. The van der Waals surface area contributed by atoms with Crippen molar-refractivity contribution in [3.63, 3.8) is 0 Å². The van der Waals surface area contributed by atoms with Crippen LogP contribution in [0.5, 0.6) is 0 Å². The molecule has 0 atom stereocenters. The van der Waals surface area contributed by atoms with Gasteiger partial charge in [-0.05, 0) is 11.6 Å². The van der Waals surface area contributed by atoms with Crippen molar-refractivity contribution in [3.8, 4) is 11.1 Å². The number of aromatic nitrogens is 1. The average molecular weight is 227 g/mol. The molecule has 1 aromatic heterocycles. The molecule has 1 aromatic carbocycles. The minimum Gasteiger partial charge on any atom is -0.469 e. The summed E-state index contributed by atoms with van der Waals surface area (Å²) in [6, 6.07) is 13.8. The number of methoxy groups -OCH3 is 1. The summed E-state index contributed by atoms with van der Waals surface area (Å²) in [5.74, 6) is -0.273. The number of ether oxygens (including phenoxy) is 1. The highest BCUT2D eigenvalue weighted by atomic mass is 16.5. The standard InChI is InChI=1S/C14H13NO2/c1-17-14(16)9-13-8-7-12(10-15-13)11-5-3-2-4-6-11/h2-8,10H,9H2,1H3. The molecular formula is C14H13NO2. The fraction of sp³-hybridized carbons (Fsp3) is 0.143. The van der Waals surface area contributed by atoms with Gasteiger partial charge in [0.25, 0.3) is 0 Å². The summed E-state index contributed by atoms with van der Waals surface area (Å²) in [4.78, 5) is 15.3. The van der Waals surface area contributed by atoms with Crippen molar-refractivity contribution < 1.29 is 9.53 Å². The lowest BCUT2D eigenvalue weighted by atomic mass is 10.1. The molecule has 17 heavy (non-hydrogen) atoms. The molecule has 2 aromatic rings. The highest BCUT2D eigenvalue weighted by molar-refractivity contribution is 5.72. The molecule has 0 unspecified atom stereocenters. The minimum absolute atomic E-state index is 0.214. The first-order chi connectivity index (χ1) is 8.29. The van der Waals surface area contributed by atoms with E-state index >= 15 is 0 Å². The zero-order valence-electron chi connectivity index (χ0n) is 9.59. The molecule has 1 heterocycles. The van der Waals surface area contributed by atoms with Gasteiger partial charge in [-0.2, -0.15) is 0 Å². The second-order valence-electron chi connectivity index (χ2n) is 3.66. The van der Waals surface area contributed by atoms with Gasteiger partial charge in [0, 0.05) is 11.8 Å². The Morgan fingerprint density at radius 1 is 1.12 bits per heavy atom. The fourth-order valence-electron chi connectivity index (χ4n) is 1.55. The van der Waals surface area contributed by atoms with E-state index in [0.717, 1.165) is 16.8 Å². The Bertz CT molecular complexity index is 491. The van der Waals surface area contributed by atoms with Crippen LogP contribution in [0.15, 0.2) is 48.7 Å². The SMILES string of the molecule is COC(=O)Cc1ccc(-c2ccccc2)cn1. The maximum Gasteiger partial charge on any atom is 0.311 e. The third kappa shape index (κ3) is 2.91. The summed E-state index contributed by atoms with van der Waals surface area (Å²) in [7, 11) is 1.38. The molecule has 86 valence electrons. The van der Waals surface area contributed by atoms with E-state index in [2.05, 4.69) is 9.72 Å². The van der Waals surface area contributed by atoms with Gasteiger partial charge in [-0.1, -0.05) is 36.4 Å². The normalized spacial score (nSPS) is 9.94. The third-order valence-corrected chi connectivity index (χ3v) is 2.48. The van der Waals surface area contributed by atoms with Crippen molar-refractivity contribution in [2.24, 2.45) is 0 Å². The summed E-state index contributed by atoms with van der Waals surface area (Å²) in [5.41, 5.74) is 2.88. The Morgan fingerprint density at radius 2 is 1.88 bits per heavy atom. The summed E-state index contributed by atoms with van der Waals surface area (Å²) in [6.45, 7) is 0. The van der Waals surface area contributed by atoms with Crippen molar-refractivity contribution >= 4 is 5.97 Å². The highest BCUT2D eigenvalue weighted by Gasteiger charge is 2.04. The Hall–Kier alpha value is -2.16. The molecule has 0 aliphatic carbocycles. The number of hydrogen-bond donors (Lipinski definition) is 0. The molecule has 0 fully saturated rings. The van der Waals surface area contributed by atoms with Crippen LogP contribution in [0.3, 0.4) is 0 Å². The molecule has 2 rings (SSSR count). The van der Waals surface area contributed by atoms with Gasteiger partial charge >= 0.3 is 5.97 Å². The van der Waals surface area contributed by atoms with Gasteiger partial charge in [0.1, 0.15) is 0 Å². The Morgan fingerprint density at radius 3 is 2.47 bits per heavy atom. The molecule has 0 spiro atoms. The van der Waals surface area contributed by atoms with Crippen LogP contribution >= 0.6 is 0 Å². The summed E-state index contributed by atoms with van der Waals surface area (Å²) >= 11 is 0. The van der Waals surface area contributed by atoms with E-state index < -0.39 is 0 Å². The van der Waals surface area contributed by atoms with Gasteiger partial charge in [-0.25, -0.2) is 0 Å². The quantitative estimate of drug-likeness (QED) is 0.756. The van der Waals surface area contributed by atoms with Crippen LogP contribution in [0.1, 0.15) is 5.69 Å². The molecule has 0 N–H and O–H groups in total. The summed E-state index contributed by atoms with van der Waals surface area (Å²) in [5, 5.41) is 0. The van der Waals surface area contributed by atoms with Crippen molar-refractivity contribution in [2.45, 2.75) is 6.42 Å². The number of carbonyl (C=O) groups excluding carboxylic acids is 1. The van der Waals surface area contributed by atoms with Crippen LogP contribution < -0.4 is 0 Å². The molecule has 0 bridgehead atoms. The Kier molecular flexibility index (Phi) is 3.50. The van der Waals surface area contributed by atoms with E-state index in [4.69, 9.17) is 0 Å². The van der Waals surface area contributed by atoms with E-state index in [9.17, 15) is 4.79 Å². The first-order valence-corrected chi connectivity index (χ1v) is 5.37. The van der Waals surface area contributed by atoms with Gasteiger partial charge in [-0.15, -0.1) is 0 Å². The number of esters is 1. The molecule has 0 saturated carbocycles. The molecule has 0 radical (unpaired) electrons. The van der Waals surface area contributed by atoms with Crippen LogP contribution in [0.4, 0.5) is 0 Å². The van der Waals surface area contributed by atoms with Crippen LogP contribution in [0.2, 0.25) is 0 Å². The maximum absolute atomic E-state index is 11.1. The van der Waals surface area contributed by atoms with Crippen LogP contribution in [-0.4, -0.2) is 18.1 Å². The lowest BCUT2D eigenvalue weighted by Crippen LogP contribution is -2.05. The molecule has 0 amide bonds. The number of pyridine rings is 1. The lowest BCUT2D eigenvalue weighted by Gasteiger charge is -2.02. The smallest absolute Gasteiger partial charge is 0.311 e. The van der Waals surface area contributed by atoms with Crippen LogP contribution in [-0.2, 0) is 16.0 Å². The van der Waals surface area contributed by atoms with Gasteiger partial charge in [0.05, 0.1) is 19.2 Å². The first-order valence-electron chi connectivity index (χ1n) is 5.37. The second-order valence-corrected chi connectivity index (χ2v) is 3.66. The monoisotopic (exact) mass is 227 g/mol. The molecule has 0 aliphatic rings. The molecule has 0 aliphatic heterocycles. The topological polar surface area (TPSA) is 39.2 Å². The summed E-state index contributed by atoms with van der Waals surface area (Å²) < 4.78 is 4.59. The second kappa shape index (κ2) is 5.25. The number of rotatable bonds is 3. The van der Waals surface area contributed by atoms with Gasteiger partial charge < -0.3 is 4.74 Å². The number of nitrogens with zero attached hydrogens (tertiary/aromatic N) is 1. The largest absolute Gasteiger partial charge is 0.469 e. The van der Waals surface area contributed by atoms with Crippen molar-refractivity contribution in [3.05, 3.63) is 54.4 Å². The predicted octanol–water partition coefficient (Wildman–Crippen LogP) is 2.46. The van der Waals surface area contributed by atoms with Crippen LogP contribution in [0.25, 0.3) is 11.1 Å².